The Morgan fingerprint density at radius 1 is 1.59 bits per heavy atom. The molecule has 0 fully saturated rings. The van der Waals surface area contributed by atoms with Gasteiger partial charge in [0.25, 0.3) is 0 Å². The first-order valence-corrected chi connectivity index (χ1v) is 5.35. The molecule has 0 amide bonds. The van der Waals surface area contributed by atoms with E-state index in [1.165, 1.54) is 13.3 Å². The number of methoxy groups -OCH3 is 1. The minimum atomic E-state index is -0.533. The third-order valence-electron chi connectivity index (χ3n) is 2.06. The molecule has 1 aromatic rings. The number of ether oxygens (including phenoxy) is 1. The first-order valence-electron chi connectivity index (χ1n) is 5.35. The summed E-state index contributed by atoms with van der Waals surface area (Å²) in [4.78, 5) is 21.2. The predicted molar refractivity (Wildman–Crippen MR) is 65.0 cm³/mol. The number of hydrogen-bond donors (Lipinski definition) is 1. The van der Waals surface area contributed by atoms with Crippen LogP contribution in [0.25, 0.3) is 0 Å². The summed E-state index contributed by atoms with van der Waals surface area (Å²) < 4.78 is 4.56. The summed E-state index contributed by atoms with van der Waals surface area (Å²) in [6.45, 7) is 2.91. The molecule has 1 aromatic heterocycles. The Hall–Kier alpha value is -1.69. The molecule has 0 aliphatic rings. The number of likely N-dealkylation sites (N-methyl/N-ethyl adjacent to an activating group) is 1. The summed E-state index contributed by atoms with van der Waals surface area (Å²) in [6.07, 6.45) is 1.53. The number of esters is 1. The van der Waals surface area contributed by atoms with E-state index in [1.807, 2.05) is 21.0 Å². The van der Waals surface area contributed by atoms with E-state index in [1.54, 1.807) is 6.07 Å². The largest absolute Gasteiger partial charge is 0.463 e. The number of aromatic nitrogens is 2. The lowest BCUT2D eigenvalue weighted by Gasteiger charge is -2.18. The molecule has 0 spiro atoms. The molecular formula is C11H18N4O2. The molecular weight excluding hydrogens is 220 g/mol. The van der Waals surface area contributed by atoms with Gasteiger partial charge in [0.15, 0.2) is 0 Å². The SMILES string of the molecule is COC(=O)c1nccc(NC(C)CN(C)C)n1. The minimum Gasteiger partial charge on any atom is -0.463 e. The molecule has 0 radical (unpaired) electrons. The molecule has 0 saturated heterocycles. The van der Waals surface area contributed by atoms with Gasteiger partial charge >= 0.3 is 5.97 Å². The summed E-state index contributed by atoms with van der Waals surface area (Å²) >= 11 is 0. The first kappa shape index (κ1) is 13.4. The van der Waals surface area contributed by atoms with Crippen molar-refractivity contribution in [2.24, 2.45) is 0 Å². The fraction of sp³-hybridized carbons (Fsp3) is 0.545. The zero-order valence-electron chi connectivity index (χ0n) is 10.6. The van der Waals surface area contributed by atoms with Crippen molar-refractivity contribution in [1.29, 1.82) is 0 Å². The monoisotopic (exact) mass is 238 g/mol. The molecule has 6 heteroatoms. The van der Waals surface area contributed by atoms with Crippen LogP contribution in [0.3, 0.4) is 0 Å². The highest BCUT2D eigenvalue weighted by molar-refractivity contribution is 5.85. The van der Waals surface area contributed by atoms with E-state index in [9.17, 15) is 4.79 Å². The Balaban J connectivity index is 2.68. The summed E-state index contributed by atoms with van der Waals surface area (Å²) in [6, 6.07) is 1.95. The van der Waals surface area contributed by atoms with Crippen LogP contribution in [0, 0.1) is 0 Å². The Morgan fingerprint density at radius 2 is 2.29 bits per heavy atom. The molecule has 94 valence electrons. The van der Waals surface area contributed by atoms with Crippen LogP contribution in [-0.4, -0.2) is 54.6 Å². The maximum Gasteiger partial charge on any atom is 0.376 e. The molecule has 1 rings (SSSR count). The second kappa shape index (κ2) is 6.15. The summed E-state index contributed by atoms with van der Waals surface area (Å²) in [5.74, 6) is 0.151. The fourth-order valence-corrected chi connectivity index (χ4v) is 1.47. The van der Waals surface area contributed by atoms with Crippen LogP contribution >= 0.6 is 0 Å². The van der Waals surface area contributed by atoms with E-state index in [-0.39, 0.29) is 11.9 Å². The van der Waals surface area contributed by atoms with Crippen LogP contribution in [0.2, 0.25) is 0 Å². The van der Waals surface area contributed by atoms with Crippen molar-refractivity contribution in [2.75, 3.05) is 33.1 Å². The highest BCUT2D eigenvalue weighted by Gasteiger charge is 2.10. The number of nitrogens with zero attached hydrogens (tertiary/aromatic N) is 3. The molecule has 1 N–H and O–H groups in total. The van der Waals surface area contributed by atoms with Crippen molar-refractivity contribution in [3.8, 4) is 0 Å². The van der Waals surface area contributed by atoms with Crippen LogP contribution in [0.5, 0.6) is 0 Å². The van der Waals surface area contributed by atoms with Gasteiger partial charge in [0.2, 0.25) is 5.82 Å². The van der Waals surface area contributed by atoms with Gasteiger partial charge in [-0.2, -0.15) is 0 Å². The standard InChI is InChI=1S/C11H18N4O2/c1-8(7-15(2)3)13-9-5-6-12-10(14-9)11(16)17-4/h5-6,8H,7H2,1-4H3,(H,12,13,14). The van der Waals surface area contributed by atoms with E-state index in [2.05, 4.69) is 24.9 Å². The lowest BCUT2D eigenvalue weighted by atomic mass is 10.3. The van der Waals surface area contributed by atoms with Crippen LogP contribution in [0.15, 0.2) is 12.3 Å². The summed E-state index contributed by atoms with van der Waals surface area (Å²) in [7, 11) is 5.30. The Kier molecular flexibility index (Phi) is 4.84. The second-order valence-corrected chi connectivity index (χ2v) is 4.06. The quantitative estimate of drug-likeness (QED) is 0.759. The minimum absolute atomic E-state index is 0.0644. The van der Waals surface area contributed by atoms with Crippen LogP contribution in [0.1, 0.15) is 17.5 Å². The van der Waals surface area contributed by atoms with Gasteiger partial charge in [0.05, 0.1) is 7.11 Å². The number of rotatable bonds is 5. The normalized spacial score (nSPS) is 12.3. The highest BCUT2D eigenvalue weighted by Crippen LogP contribution is 2.05. The molecule has 0 aliphatic heterocycles. The second-order valence-electron chi connectivity index (χ2n) is 4.06. The van der Waals surface area contributed by atoms with Crippen LogP contribution in [-0.2, 0) is 4.74 Å². The van der Waals surface area contributed by atoms with Gasteiger partial charge in [-0.05, 0) is 27.1 Å². The number of carbonyl (C=O) groups is 1. The fourth-order valence-electron chi connectivity index (χ4n) is 1.47. The van der Waals surface area contributed by atoms with Gasteiger partial charge < -0.3 is 15.0 Å². The maximum absolute atomic E-state index is 11.2. The van der Waals surface area contributed by atoms with Crippen molar-refractivity contribution in [1.82, 2.24) is 14.9 Å². The summed E-state index contributed by atoms with van der Waals surface area (Å²) in [5.41, 5.74) is 0. The smallest absolute Gasteiger partial charge is 0.376 e. The molecule has 1 heterocycles. The Bertz CT molecular complexity index is 381. The lowest BCUT2D eigenvalue weighted by Crippen LogP contribution is -2.30. The molecule has 6 nitrogen and oxygen atoms in total. The lowest BCUT2D eigenvalue weighted by molar-refractivity contribution is 0.0587. The van der Waals surface area contributed by atoms with Gasteiger partial charge in [-0.3, -0.25) is 0 Å². The van der Waals surface area contributed by atoms with Crippen LogP contribution in [0.4, 0.5) is 5.82 Å². The zero-order chi connectivity index (χ0) is 12.8. The Morgan fingerprint density at radius 3 is 2.88 bits per heavy atom. The van der Waals surface area contributed by atoms with E-state index in [0.717, 1.165) is 6.54 Å². The average molecular weight is 238 g/mol. The molecule has 0 aromatic carbocycles. The molecule has 1 atom stereocenters. The number of anilines is 1. The summed E-state index contributed by atoms with van der Waals surface area (Å²) in [5, 5.41) is 3.19. The third-order valence-corrected chi connectivity index (χ3v) is 2.06. The van der Waals surface area contributed by atoms with E-state index in [0.29, 0.717) is 5.82 Å². The topological polar surface area (TPSA) is 67.3 Å². The van der Waals surface area contributed by atoms with Gasteiger partial charge in [-0.25, -0.2) is 14.8 Å². The molecule has 0 saturated carbocycles. The highest BCUT2D eigenvalue weighted by atomic mass is 16.5. The molecule has 0 aliphatic carbocycles. The number of hydrogen-bond acceptors (Lipinski definition) is 6. The van der Waals surface area contributed by atoms with E-state index in [4.69, 9.17) is 0 Å². The third kappa shape index (κ3) is 4.36. The van der Waals surface area contributed by atoms with Crippen molar-refractivity contribution < 1.29 is 9.53 Å². The first-order chi connectivity index (χ1) is 8.02. The zero-order valence-corrected chi connectivity index (χ0v) is 10.6. The van der Waals surface area contributed by atoms with Crippen molar-refractivity contribution in [3.05, 3.63) is 18.1 Å². The maximum atomic E-state index is 11.2. The number of nitrogens with one attached hydrogen (secondary N) is 1. The van der Waals surface area contributed by atoms with E-state index >= 15 is 0 Å². The number of carbonyl (C=O) groups excluding carboxylic acids is 1. The van der Waals surface area contributed by atoms with Gasteiger partial charge in [0.1, 0.15) is 5.82 Å². The van der Waals surface area contributed by atoms with Crippen molar-refractivity contribution in [3.63, 3.8) is 0 Å². The van der Waals surface area contributed by atoms with Gasteiger partial charge in [-0.1, -0.05) is 0 Å². The van der Waals surface area contributed by atoms with Gasteiger partial charge in [0, 0.05) is 18.8 Å². The molecule has 17 heavy (non-hydrogen) atoms. The molecule has 0 bridgehead atoms. The van der Waals surface area contributed by atoms with Gasteiger partial charge in [-0.15, -0.1) is 0 Å². The van der Waals surface area contributed by atoms with E-state index < -0.39 is 5.97 Å². The Labute approximate surface area is 101 Å². The van der Waals surface area contributed by atoms with Crippen LogP contribution < -0.4 is 5.32 Å². The predicted octanol–water partition coefficient (Wildman–Crippen LogP) is 0.625. The van der Waals surface area contributed by atoms with Crippen molar-refractivity contribution >= 4 is 11.8 Å². The average Bonchev–Trinajstić information content (AvgIpc) is 2.27. The van der Waals surface area contributed by atoms with Crippen molar-refractivity contribution in [2.45, 2.75) is 13.0 Å². The molecule has 1 unspecified atom stereocenters.